The van der Waals surface area contributed by atoms with E-state index in [-0.39, 0.29) is 23.5 Å². The minimum atomic E-state index is -2.98. The van der Waals surface area contributed by atoms with Gasteiger partial charge in [0.1, 0.15) is 0 Å². The molecule has 3 rings (SSSR count). The lowest BCUT2D eigenvalue weighted by molar-refractivity contribution is -0.121. The molecule has 2 unspecified atom stereocenters. The molecule has 2 saturated heterocycles. The Kier molecular flexibility index (Phi) is 7.83. The highest BCUT2D eigenvalue weighted by atomic mass is 32.2. The van der Waals surface area contributed by atoms with E-state index in [4.69, 9.17) is 0 Å². The van der Waals surface area contributed by atoms with E-state index >= 15 is 0 Å². The Morgan fingerprint density at radius 3 is 2.76 bits per heavy atom. The van der Waals surface area contributed by atoms with Gasteiger partial charge < -0.3 is 15.5 Å². The molecule has 0 aromatic heterocycles. The average molecular weight is 439 g/mol. The molecule has 2 aliphatic rings. The highest BCUT2D eigenvalue weighted by Gasteiger charge is 2.29. The number of carbonyl (C=O) groups is 1. The molecule has 2 fully saturated rings. The average Bonchev–Trinajstić information content (AvgIpc) is 3.30. The van der Waals surface area contributed by atoms with Crippen LogP contribution in [0, 0.1) is 5.92 Å². The summed E-state index contributed by atoms with van der Waals surface area (Å²) < 4.78 is 23.0. The van der Waals surface area contributed by atoms with E-state index in [1.807, 2.05) is 17.8 Å². The van der Waals surface area contributed by atoms with Crippen LogP contribution in [-0.2, 0) is 14.6 Å². The highest BCUT2D eigenvalue weighted by molar-refractivity contribution is 7.99. The molecule has 2 atom stereocenters. The molecule has 29 heavy (non-hydrogen) atoms. The summed E-state index contributed by atoms with van der Waals surface area (Å²) in [7, 11) is -1.21. The number of nitrogens with zero attached hydrogens (tertiary/aromatic N) is 2. The minimum Gasteiger partial charge on any atom is -0.356 e. The third kappa shape index (κ3) is 6.92. The number of benzene rings is 1. The van der Waals surface area contributed by atoms with Crippen molar-refractivity contribution in [3.8, 4) is 0 Å². The third-order valence-corrected chi connectivity index (χ3v) is 8.27. The fourth-order valence-electron chi connectivity index (χ4n) is 3.72. The molecule has 2 aliphatic heterocycles. The summed E-state index contributed by atoms with van der Waals surface area (Å²) in [6, 6.07) is 10.2. The highest BCUT2D eigenvalue weighted by Crippen LogP contribution is 2.25. The first kappa shape index (κ1) is 22.0. The SMILES string of the molecule is CN=C(NCCC(=O)NC1CCS(=O)(=O)C1)N1CCC(CSc2ccccc2)C1. The number of sulfone groups is 1. The van der Waals surface area contributed by atoms with Crippen molar-refractivity contribution in [1.29, 1.82) is 0 Å². The zero-order valence-corrected chi connectivity index (χ0v) is 18.5. The molecule has 0 radical (unpaired) electrons. The lowest BCUT2D eigenvalue weighted by atomic mass is 10.2. The molecule has 0 saturated carbocycles. The van der Waals surface area contributed by atoms with Gasteiger partial charge in [-0.15, -0.1) is 11.8 Å². The molecule has 0 aliphatic carbocycles. The van der Waals surface area contributed by atoms with Crippen molar-refractivity contribution < 1.29 is 13.2 Å². The predicted molar refractivity (Wildman–Crippen MR) is 118 cm³/mol. The van der Waals surface area contributed by atoms with Crippen molar-refractivity contribution in [3.63, 3.8) is 0 Å². The quantitative estimate of drug-likeness (QED) is 0.380. The van der Waals surface area contributed by atoms with Gasteiger partial charge in [-0.25, -0.2) is 8.42 Å². The second-order valence-corrected chi connectivity index (χ2v) is 10.9. The second kappa shape index (κ2) is 10.3. The molecule has 0 bridgehead atoms. The van der Waals surface area contributed by atoms with Crippen LogP contribution in [0.3, 0.4) is 0 Å². The molecule has 9 heteroatoms. The molecule has 0 spiro atoms. The Morgan fingerprint density at radius 2 is 2.07 bits per heavy atom. The van der Waals surface area contributed by atoms with Crippen LogP contribution in [0.4, 0.5) is 0 Å². The Hall–Kier alpha value is -1.74. The number of thioether (sulfide) groups is 1. The molecule has 160 valence electrons. The lowest BCUT2D eigenvalue weighted by Crippen LogP contribution is -2.42. The van der Waals surface area contributed by atoms with E-state index in [1.165, 1.54) is 4.90 Å². The van der Waals surface area contributed by atoms with Crippen LogP contribution < -0.4 is 10.6 Å². The molecule has 7 nitrogen and oxygen atoms in total. The zero-order chi connectivity index (χ0) is 20.7. The number of guanidine groups is 1. The van der Waals surface area contributed by atoms with Gasteiger partial charge in [0.15, 0.2) is 15.8 Å². The largest absolute Gasteiger partial charge is 0.356 e. The van der Waals surface area contributed by atoms with E-state index in [0.29, 0.717) is 25.3 Å². The van der Waals surface area contributed by atoms with Gasteiger partial charge in [0.25, 0.3) is 0 Å². The molecule has 1 amide bonds. The third-order valence-electron chi connectivity index (χ3n) is 5.26. The van der Waals surface area contributed by atoms with Crippen molar-refractivity contribution in [2.75, 3.05) is 43.9 Å². The Morgan fingerprint density at radius 1 is 1.28 bits per heavy atom. The van der Waals surface area contributed by atoms with Crippen LogP contribution in [0.25, 0.3) is 0 Å². The van der Waals surface area contributed by atoms with Gasteiger partial charge >= 0.3 is 0 Å². The van der Waals surface area contributed by atoms with Gasteiger partial charge in [-0.1, -0.05) is 18.2 Å². The molecule has 2 N–H and O–H groups in total. The van der Waals surface area contributed by atoms with Crippen LogP contribution in [-0.4, -0.2) is 75.2 Å². The topological polar surface area (TPSA) is 90.9 Å². The van der Waals surface area contributed by atoms with Crippen LogP contribution in [0.2, 0.25) is 0 Å². The summed E-state index contributed by atoms with van der Waals surface area (Å²) in [6.07, 6.45) is 1.95. The number of hydrogen-bond donors (Lipinski definition) is 2. The Labute approximate surface area is 177 Å². The maximum absolute atomic E-state index is 12.1. The van der Waals surface area contributed by atoms with Gasteiger partial charge in [-0.3, -0.25) is 9.79 Å². The zero-order valence-electron chi connectivity index (χ0n) is 16.8. The molecule has 1 aromatic rings. The van der Waals surface area contributed by atoms with Crippen molar-refractivity contribution in [2.24, 2.45) is 10.9 Å². The number of likely N-dealkylation sites (tertiary alicyclic amines) is 1. The van der Waals surface area contributed by atoms with E-state index in [0.717, 1.165) is 31.2 Å². The van der Waals surface area contributed by atoms with Gasteiger partial charge in [0.05, 0.1) is 11.5 Å². The van der Waals surface area contributed by atoms with Gasteiger partial charge in [0.2, 0.25) is 5.91 Å². The lowest BCUT2D eigenvalue weighted by Gasteiger charge is -2.22. The van der Waals surface area contributed by atoms with Crippen LogP contribution >= 0.6 is 11.8 Å². The monoisotopic (exact) mass is 438 g/mol. The first-order valence-corrected chi connectivity index (χ1v) is 12.9. The number of carbonyl (C=O) groups excluding carboxylic acids is 1. The molecular weight excluding hydrogens is 408 g/mol. The van der Waals surface area contributed by atoms with Crippen molar-refractivity contribution in [1.82, 2.24) is 15.5 Å². The van der Waals surface area contributed by atoms with E-state index < -0.39 is 9.84 Å². The number of rotatable bonds is 7. The summed E-state index contributed by atoms with van der Waals surface area (Å²) in [5.74, 6) is 2.64. The summed E-state index contributed by atoms with van der Waals surface area (Å²) >= 11 is 1.89. The fourth-order valence-corrected chi connectivity index (χ4v) is 6.44. The first-order valence-electron chi connectivity index (χ1n) is 10.1. The second-order valence-electron chi connectivity index (χ2n) is 7.62. The van der Waals surface area contributed by atoms with Gasteiger partial charge in [-0.05, 0) is 30.9 Å². The molecule has 1 aromatic carbocycles. The van der Waals surface area contributed by atoms with Crippen molar-refractivity contribution >= 4 is 33.5 Å². The maximum Gasteiger partial charge on any atom is 0.222 e. The van der Waals surface area contributed by atoms with Gasteiger partial charge in [-0.2, -0.15) is 0 Å². The van der Waals surface area contributed by atoms with Crippen molar-refractivity contribution in [2.45, 2.75) is 30.2 Å². The summed E-state index contributed by atoms with van der Waals surface area (Å²) in [5.41, 5.74) is 0. The van der Waals surface area contributed by atoms with Crippen LogP contribution in [0.1, 0.15) is 19.3 Å². The number of hydrogen-bond acceptors (Lipinski definition) is 5. The van der Waals surface area contributed by atoms with Crippen LogP contribution in [0.15, 0.2) is 40.2 Å². The fraction of sp³-hybridized carbons (Fsp3) is 0.600. The van der Waals surface area contributed by atoms with Crippen molar-refractivity contribution in [3.05, 3.63) is 30.3 Å². The number of amides is 1. The Bertz CT molecular complexity index is 814. The summed E-state index contributed by atoms with van der Waals surface area (Å²) in [5, 5.41) is 6.09. The molecule has 2 heterocycles. The smallest absolute Gasteiger partial charge is 0.222 e. The normalized spacial score (nSPS) is 23.9. The standard InChI is InChI=1S/C20H30N4O3S2/c1-21-20(22-10-7-19(25)23-17-9-12-29(26,27)15-17)24-11-8-16(13-24)14-28-18-5-3-2-4-6-18/h2-6,16-17H,7-15H2,1H3,(H,21,22)(H,23,25). The maximum atomic E-state index is 12.1. The van der Waals surface area contributed by atoms with Gasteiger partial charge in [0, 0.05) is 49.8 Å². The first-order chi connectivity index (χ1) is 13.9. The Balaban J connectivity index is 1.35. The van der Waals surface area contributed by atoms with E-state index in [2.05, 4.69) is 44.8 Å². The minimum absolute atomic E-state index is 0.0595. The summed E-state index contributed by atoms with van der Waals surface area (Å²) in [6.45, 7) is 2.41. The summed E-state index contributed by atoms with van der Waals surface area (Å²) in [4.78, 5) is 20.0. The number of nitrogens with one attached hydrogen (secondary N) is 2. The molecular formula is C20H30N4O3S2. The number of aliphatic imine (C=N–C) groups is 1. The van der Waals surface area contributed by atoms with Crippen LogP contribution in [0.5, 0.6) is 0 Å². The van der Waals surface area contributed by atoms with E-state index in [9.17, 15) is 13.2 Å². The predicted octanol–water partition coefficient (Wildman–Crippen LogP) is 1.37. The van der Waals surface area contributed by atoms with E-state index in [1.54, 1.807) is 7.05 Å².